The number of nitrogens with zero attached hydrogens (tertiary/aromatic N) is 2. The molecule has 1 aromatic rings. The summed E-state index contributed by atoms with van der Waals surface area (Å²) < 4.78 is 18.7. The molecule has 0 saturated carbocycles. The average molecular weight is 282 g/mol. The lowest BCUT2D eigenvalue weighted by molar-refractivity contribution is -0.387. The number of carbonyl (C=O) groups excluding carboxylic acids is 1. The molecule has 108 valence electrons. The van der Waals surface area contributed by atoms with Crippen molar-refractivity contribution in [3.63, 3.8) is 0 Å². The maximum Gasteiger partial charge on any atom is 0.323 e. The molecule has 0 aromatic heterocycles. The number of methoxy groups -OCH3 is 1. The summed E-state index contributed by atoms with van der Waals surface area (Å²) in [5.41, 5.74) is -0.327. The number of rotatable bonds is 4. The minimum absolute atomic E-state index is 0.160. The number of hydrogen-bond acceptors (Lipinski definition) is 5. The molecular formula is C13H15FN2O4. The van der Waals surface area contributed by atoms with E-state index < -0.39 is 22.5 Å². The van der Waals surface area contributed by atoms with Crippen LogP contribution in [0.2, 0.25) is 0 Å². The van der Waals surface area contributed by atoms with E-state index in [9.17, 15) is 19.3 Å². The van der Waals surface area contributed by atoms with E-state index in [1.54, 1.807) is 4.90 Å². The molecule has 1 aliphatic rings. The summed E-state index contributed by atoms with van der Waals surface area (Å²) in [5, 5.41) is 10.7. The number of ether oxygens (including phenoxy) is 1. The van der Waals surface area contributed by atoms with Crippen molar-refractivity contribution in [2.45, 2.75) is 25.4 Å². The first-order chi connectivity index (χ1) is 9.54. The van der Waals surface area contributed by atoms with Gasteiger partial charge in [-0.3, -0.25) is 19.8 Å². The predicted molar refractivity (Wildman–Crippen MR) is 68.5 cm³/mol. The van der Waals surface area contributed by atoms with E-state index >= 15 is 0 Å². The van der Waals surface area contributed by atoms with Crippen LogP contribution >= 0.6 is 0 Å². The minimum atomic E-state index is -0.840. The van der Waals surface area contributed by atoms with Crippen molar-refractivity contribution < 1.29 is 18.8 Å². The lowest BCUT2D eigenvalue weighted by atomic mass is 10.1. The topological polar surface area (TPSA) is 72.7 Å². The summed E-state index contributed by atoms with van der Waals surface area (Å²) >= 11 is 0. The van der Waals surface area contributed by atoms with Gasteiger partial charge in [-0.2, -0.15) is 4.39 Å². The van der Waals surface area contributed by atoms with Gasteiger partial charge in [-0.05, 0) is 19.4 Å². The molecule has 20 heavy (non-hydrogen) atoms. The van der Waals surface area contributed by atoms with Gasteiger partial charge in [0.25, 0.3) is 0 Å². The predicted octanol–water partition coefficient (Wildman–Crippen LogP) is 1.87. The Morgan fingerprint density at radius 3 is 3.00 bits per heavy atom. The average Bonchev–Trinajstić information content (AvgIpc) is 2.88. The molecular weight excluding hydrogens is 267 g/mol. The Bertz CT molecular complexity index is 535. The van der Waals surface area contributed by atoms with Gasteiger partial charge in [0.05, 0.1) is 12.0 Å². The minimum Gasteiger partial charge on any atom is -0.468 e. The number of nitro groups is 1. The van der Waals surface area contributed by atoms with Crippen LogP contribution in [0.5, 0.6) is 0 Å². The van der Waals surface area contributed by atoms with Gasteiger partial charge in [-0.25, -0.2) is 0 Å². The Hall–Kier alpha value is -2.02. The Morgan fingerprint density at radius 2 is 2.35 bits per heavy atom. The molecule has 0 radical (unpaired) electrons. The first-order valence-electron chi connectivity index (χ1n) is 6.28. The molecule has 1 aliphatic heterocycles. The highest BCUT2D eigenvalue weighted by Crippen LogP contribution is 2.25. The lowest BCUT2D eigenvalue weighted by Crippen LogP contribution is -2.36. The fourth-order valence-corrected chi connectivity index (χ4v) is 2.47. The van der Waals surface area contributed by atoms with Crippen LogP contribution in [0.3, 0.4) is 0 Å². The summed E-state index contributed by atoms with van der Waals surface area (Å²) in [6.45, 7) is 0.801. The van der Waals surface area contributed by atoms with Crippen LogP contribution in [0.25, 0.3) is 0 Å². The SMILES string of the molecule is COC(=O)C1CCCN1Cc1cccc([N+](=O)[O-])c1F. The zero-order valence-electron chi connectivity index (χ0n) is 11.0. The van der Waals surface area contributed by atoms with E-state index in [-0.39, 0.29) is 18.1 Å². The quantitative estimate of drug-likeness (QED) is 0.479. The van der Waals surface area contributed by atoms with E-state index in [1.807, 2.05) is 0 Å². The van der Waals surface area contributed by atoms with Crippen LogP contribution in [0.1, 0.15) is 18.4 Å². The fraction of sp³-hybridized carbons (Fsp3) is 0.462. The maximum atomic E-state index is 14.0. The van der Waals surface area contributed by atoms with Crippen molar-refractivity contribution >= 4 is 11.7 Å². The summed E-state index contributed by atoms with van der Waals surface area (Å²) in [6, 6.07) is 3.66. The van der Waals surface area contributed by atoms with Crippen molar-refractivity contribution in [2.75, 3.05) is 13.7 Å². The zero-order valence-corrected chi connectivity index (χ0v) is 11.0. The van der Waals surface area contributed by atoms with Gasteiger partial charge >= 0.3 is 11.7 Å². The van der Waals surface area contributed by atoms with Gasteiger partial charge in [0.1, 0.15) is 6.04 Å². The van der Waals surface area contributed by atoms with Gasteiger partial charge in [0, 0.05) is 18.2 Å². The molecule has 0 N–H and O–H groups in total. The lowest BCUT2D eigenvalue weighted by Gasteiger charge is -2.22. The van der Waals surface area contributed by atoms with Crippen LogP contribution in [-0.4, -0.2) is 35.5 Å². The monoisotopic (exact) mass is 282 g/mol. The normalized spacial score (nSPS) is 19.0. The van der Waals surface area contributed by atoms with Crippen molar-refractivity contribution in [3.8, 4) is 0 Å². The second-order valence-corrected chi connectivity index (χ2v) is 4.66. The highest BCUT2D eigenvalue weighted by Gasteiger charge is 2.32. The third kappa shape index (κ3) is 2.77. The van der Waals surface area contributed by atoms with Crippen LogP contribution in [0.15, 0.2) is 18.2 Å². The van der Waals surface area contributed by atoms with Crippen molar-refractivity contribution in [1.82, 2.24) is 4.90 Å². The van der Waals surface area contributed by atoms with E-state index in [2.05, 4.69) is 0 Å². The summed E-state index contributed by atoms with van der Waals surface area (Å²) in [7, 11) is 1.31. The number of nitro benzene ring substituents is 1. The third-order valence-corrected chi connectivity index (χ3v) is 3.47. The summed E-state index contributed by atoms with van der Waals surface area (Å²) in [5.74, 6) is -1.19. The molecule has 1 aromatic carbocycles. The van der Waals surface area contributed by atoms with Gasteiger partial charge in [-0.15, -0.1) is 0 Å². The number of likely N-dealkylation sites (tertiary alicyclic amines) is 1. The van der Waals surface area contributed by atoms with Crippen LogP contribution < -0.4 is 0 Å². The Labute approximate surface area is 115 Å². The van der Waals surface area contributed by atoms with Crippen LogP contribution in [-0.2, 0) is 16.1 Å². The molecule has 0 spiro atoms. The van der Waals surface area contributed by atoms with Gasteiger partial charge in [0.15, 0.2) is 0 Å². The first-order valence-corrected chi connectivity index (χ1v) is 6.28. The molecule has 7 heteroatoms. The van der Waals surface area contributed by atoms with Gasteiger partial charge in [-0.1, -0.05) is 12.1 Å². The van der Waals surface area contributed by atoms with Crippen molar-refractivity contribution in [3.05, 3.63) is 39.7 Å². The molecule has 0 aliphatic carbocycles. The molecule has 1 unspecified atom stereocenters. The molecule has 1 fully saturated rings. The molecule has 1 saturated heterocycles. The Morgan fingerprint density at radius 1 is 1.60 bits per heavy atom. The van der Waals surface area contributed by atoms with Gasteiger partial charge < -0.3 is 4.74 Å². The number of halogens is 1. The molecule has 6 nitrogen and oxygen atoms in total. The first kappa shape index (κ1) is 14.4. The molecule has 1 heterocycles. The standard InChI is InChI=1S/C13H15FN2O4/c1-20-13(17)11-6-3-7-15(11)8-9-4-2-5-10(12(9)14)16(18)19/h2,4-5,11H,3,6-8H2,1H3. The summed E-state index contributed by atoms with van der Waals surface area (Å²) in [4.78, 5) is 23.4. The number of carbonyl (C=O) groups is 1. The fourth-order valence-electron chi connectivity index (χ4n) is 2.47. The van der Waals surface area contributed by atoms with E-state index in [1.165, 1.54) is 19.2 Å². The number of benzene rings is 1. The van der Waals surface area contributed by atoms with E-state index in [0.29, 0.717) is 13.0 Å². The van der Waals surface area contributed by atoms with E-state index in [4.69, 9.17) is 4.74 Å². The molecule has 0 bridgehead atoms. The van der Waals surface area contributed by atoms with Crippen LogP contribution in [0.4, 0.5) is 10.1 Å². The second kappa shape index (κ2) is 5.96. The second-order valence-electron chi connectivity index (χ2n) is 4.66. The Kier molecular flexibility index (Phi) is 4.29. The van der Waals surface area contributed by atoms with Gasteiger partial charge in [0.2, 0.25) is 5.82 Å². The maximum absolute atomic E-state index is 14.0. The van der Waals surface area contributed by atoms with E-state index in [0.717, 1.165) is 12.5 Å². The third-order valence-electron chi connectivity index (χ3n) is 3.47. The molecule has 1 atom stereocenters. The zero-order chi connectivity index (χ0) is 14.7. The highest BCUT2D eigenvalue weighted by molar-refractivity contribution is 5.76. The Balaban J connectivity index is 2.20. The smallest absolute Gasteiger partial charge is 0.323 e. The van der Waals surface area contributed by atoms with Crippen LogP contribution in [0, 0.1) is 15.9 Å². The largest absolute Gasteiger partial charge is 0.468 e. The van der Waals surface area contributed by atoms with Crippen molar-refractivity contribution in [2.24, 2.45) is 0 Å². The van der Waals surface area contributed by atoms with Crippen molar-refractivity contribution in [1.29, 1.82) is 0 Å². The molecule has 0 amide bonds. The molecule has 2 rings (SSSR count). The number of hydrogen-bond donors (Lipinski definition) is 0. The summed E-state index contributed by atoms with van der Waals surface area (Å²) in [6.07, 6.45) is 1.47. The highest BCUT2D eigenvalue weighted by atomic mass is 19.1. The number of esters is 1.